The predicted molar refractivity (Wildman–Crippen MR) is 52.3 cm³/mol. The van der Waals surface area contributed by atoms with Crippen molar-refractivity contribution in [2.75, 3.05) is 6.61 Å². The van der Waals surface area contributed by atoms with Crippen molar-refractivity contribution in [1.29, 1.82) is 5.26 Å². The summed E-state index contributed by atoms with van der Waals surface area (Å²) in [6.45, 7) is 2.30. The van der Waals surface area contributed by atoms with Crippen LogP contribution in [0.15, 0.2) is 0 Å². The van der Waals surface area contributed by atoms with Crippen LogP contribution in [-0.2, 0) is 9.53 Å². The first-order valence-corrected chi connectivity index (χ1v) is 5.31. The molecule has 1 rings (SSSR count). The molecule has 0 aromatic heterocycles. The molecule has 0 aromatic rings. The Morgan fingerprint density at radius 1 is 1.43 bits per heavy atom. The molecule has 0 radical (unpaired) electrons. The first-order valence-electron chi connectivity index (χ1n) is 5.31. The van der Waals surface area contributed by atoms with E-state index in [1.54, 1.807) is 0 Å². The van der Waals surface area contributed by atoms with Crippen molar-refractivity contribution in [2.24, 2.45) is 11.8 Å². The summed E-state index contributed by atoms with van der Waals surface area (Å²) in [5, 5.41) is 8.54. The molecule has 0 bridgehead atoms. The van der Waals surface area contributed by atoms with Crippen LogP contribution >= 0.6 is 0 Å². The highest BCUT2D eigenvalue weighted by molar-refractivity contribution is 5.72. The highest BCUT2D eigenvalue weighted by Gasteiger charge is 2.26. The fraction of sp³-hybridized carbons (Fsp3) is 0.818. The van der Waals surface area contributed by atoms with E-state index in [0.29, 0.717) is 18.9 Å². The van der Waals surface area contributed by atoms with Gasteiger partial charge in [-0.15, -0.1) is 0 Å². The number of carbonyl (C=O) groups is 1. The summed E-state index contributed by atoms with van der Waals surface area (Å²) >= 11 is 0. The third-order valence-corrected chi connectivity index (χ3v) is 2.85. The van der Waals surface area contributed by atoms with E-state index in [9.17, 15) is 4.79 Å². The number of rotatable bonds is 3. The number of esters is 1. The van der Waals surface area contributed by atoms with Gasteiger partial charge in [-0.25, -0.2) is 0 Å². The van der Waals surface area contributed by atoms with Crippen LogP contribution < -0.4 is 0 Å². The summed E-state index contributed by atoms with van der Waals surface area (Å²) in [7, 11) is 0. The van der Waals surface area contributed by atoms with Gasteiger partial charge in [0, 0.05) is 6.42 Å². The van der Waals surface area contributed by atoms with Crippen molar-refractivity contribution in [3.63, 3.8) is 0 Å². The lowest BCUT2D eigenvalue weighted by atomic mass is 9.81. The minimum absolute atomic E-state index is 0.0529. The van der Waals surface area contributed by atoms with Crippen LogP contribution in [0.5, 0.6) is 0 Å². The normalized spacial score (nSPS) is 26.6. The number of hydrogen-bond donors (Lipinski definition) is 0. The summed E-state index contributed by atoms with van der Waals surface area (Å²) in [5.74, 6) is 0.540. The second-order valence-corrected chi connectivity index (χ2v) is 3.83. The lowest BCUT2D eigenvalue weighted by Gasteiger charge is -2.25. The SMILES string of the molecule is CCOC(=O)C1CCC(CC#N)CC1. The fourth-order valence-corrected chi connectivity index (χ4v) is 1.99. The Kier molecular flexibility index (Phi) is 4.45. The van der Waals surface area contributed by atoms with E-state index in [-0.39, 0.29) is 11.9 Å². The summed E-state index contributed by atoms with van der Waals surface area (Å²) in [6, 6.07) is 2.19. The number of ether oxygens (including phenoxy) is 1. The Morgan fingerprint density at radius 3 is 2.57 bits per heavy atom. The number of nitrogens with zero attached hydrogens (tertiary/aromatic N) is 1. The van der Waals surface area contributed by atoms with Gasteiger partial charge >= 0.3 is 5.97 Å². The van der Waals surface area contributed by atoms with Gasteiger partial charge in [0.05, 0.1) is 18.6 Å². The average Bonchev–Trinajstić information content (AvgIpc) is 2.20. The van der Waals surface area contributed by atoms with E-state index in [1.807, 2.05) is 6.92 Å². The van der Waals surface area contributed by atoms with Crippen LogP contribution in [-0.4, -0.2) is 12.6 Å². The number of nitriles is 1. The monoisotopic (exact) mass is 195 g/mol. The lowest BCUT2D eigenvalue weighted by molar-refractivity contribution is -0.149. The summed E-state index contributed by atoms with van der Waals surface area (Å²) in [5.41, 5.74) is 0. The Hall–Kier alpha value is -1.04. The second-order valence-electron chi connectivity index (χ2n) is 3.83. The van der Waals surface area contributed by atoms with Gasteiger partial charge in [0.2, 0.25) is 0 Å². The van der Waals surface area contributed by atoms with Crippen LogP contribution in [0, 0.1) is 23.2 Å². The fourth-order valence-electron chi connectivity index (χ4n) is 1.99. The molecule has 1 aliphatic rings. The Balaban J connectivity index is 2.28. The van der Waals surface area contributed by atoms with Gasteiger partial charge < -0.3 is 4.74 Å². The largest absolute Gasteiger partial charge is 0.466 e. The van der Waals surface area contributed by atoms with Crippen molar-refractivity contribution in [3.05, 3.63) is 0 Å². The summed E-state index contributed by atoms with van der Waals surface area (Å²) in [4.78, 5) is 11.4. The molecule has 0 saturated heterocycles. The molecule has 1 saturated carbocycles. The molecular formula is C11H17NO2. The molecule has 3 nitrogen and oxygen atoms in total. The molecule has 0 heterocycles. The molecule has 0 unspecified atom stereocenters. The quantitative estimate of drug-likeness (QED) is 0.649. The maximum atomic E-state index is 11.4. The van der Waals surface area contributed by atoms with Crippen molar-refractivity contribution in [1.82, 2.24) is 0 Å². The number of carbonyl (C=O) groups excluding carboxylic acids is 1. The van der Waals surface area contributed by atoms with Gasteiger partial charge in [-0.1, -0.05) is 0 Å². The first kappa shape index (κ1) is 11.0. The van der Waals surface area contributed by atoms with E-state index in [1.165, 1.54) is 0 Å². The zero-order valence-corrected chi connectivity index (χ0v) is 8.66. The van der Waals surface area contributed by atoms with Crippen molar-refractivity contribution in [2.45, 2.75) is 39.0 Å². The van der Waals surface area contributed by atoms with Gasteiger partial charge in [-0.2, -0.15) is 5.26 Å². The molecule has 1 aliphatic carbocycles. The van der Waals surface area contributed by atoms with E-state index >= 15 is 0 Å². The third-order valence-electron chi connectivity index (χ3n) is 2.85. The highest BCUT2D eigenvalue weighted by Crippen LogP contribution is 2.31. The smallest absolute Gasteiger partial charge is 0.308 e. The molecule has 0 amide bonds. The predicted octanol–water partition coefficient (Wildman–Crippen LogP) is 2.27. The first-order chi connectivity index (χ1) is 6.77. The molecule has 78 valence electrons. The average molecular weight is 195 g/mol. The molecule has 3 heteroatoms. The maximum absolute atomic E-state index is 11.4. The molecule has 0 aromatic carbocycles. The zero-order chi connectivity index (χ0) is 10.4. The highest BCUT2D eigenvalue weighted by atomic mass is 16.5. The van der Waals surface area contributed by atoms with E-state index in [0.717, 1.165) is 25.7 Å². The molecule has 1 fully saturated rings. The molecule has 14 heavy (non-hydrogen) atoms. The molecular weight excluding hydrogens is 178 g/mol. The molecule has 0 N–H and O–H groups in total. The second kappa shape index (κ2) is 5.64. The van der Waals surface area contributed by atoms with Crippen molar-refractivity contribution < 1.29 is 9.53 Å². The third kappa shape index (κ3) is 3.02. The van der Waals surface area contributed by atoms with Gasteiger partial charge in [0.15, 0.2) is 0 Å². The van der Waals surface area contributed by atoms with E-state index in [2.05, 4.69) is 6.07 Å². The van der Waals surface area contributed by atoms with Gasteiger partial charge in [0.1, 0.15) is 0 Å². The van der Waals surface area contributed by atoms with Crippen molar-refractivity contribution >= 4 is 5.97 Å². The van der Waals surface area contributed by atoms with Gasteiger partial charge in [0.25, 0.3) is 0 Å². The minimum Gasteiger partial charge on any atom is -0.466 e. The van der Waals surface area contributed by atoms with Crippen LogP contribution in [0.1, 0.15) is 39.0 Å². The van der Waals surface area contributed by atoms with Gasteiger partial charge in [-0.3, -0.25) is 4.79 Å². The van der Waals surface area contributed by atoms with Gasteiger partial charge in [-0.05, 0) is 38.5 Å². The van der Waals surface area contributed by atoms with Crippen LogP contribution in [0.2, 0.25) is 0 Å². The molecule has 0 atom stereocenters. The van der Waals surface area contributed by atoms with Crippen LogP contribution in [0.3, 0.4) is 0 Å². The van der Waals surface area contributed by atoms with E-state index in [4.69, 9.17) is 10.00 Å². The van der Waals surface area contributed by atoms with Crippen LogP contribution in [0.4, 0.5) is 0 Å². The maximum Gasteiger partial charge on any atom is 0.308 e. The standard InChI is InChI=1S/C11H17NO2/c1-2-14-11(13)10-5-3-9(4-6-10)7-8-12/h9-10H,2-7H2,1H3. The Bertz CT molecular complexity index is 224. The van der Waals surface area contributed by atoms with E-state index < -0.39 is 0 Å². The molecule has 0 aliphatic heterocycles. The summed E-state index contributed by atoms with van der Waals surface area (Å²) in [6.07, 6.45) is 4.42. The Morgan fingerprint density at radius 2 is 2.07 bits per heavy atom. The lowest BCUT2D eigenvalue weighted by Crippen LogP contribution is -2.23. The zero-order valence-electron chi connectivity index (χ0n) is 8.66. The Labute approximate surface area is 85.1 Å². The number of hydrogen-bond acceptors (Lipinski definition) is 3. The minimum atomic E-state index is -0.0529. The molecule has 0 spiro atoms. The summed E-state index contributed by atoms with van der Waals surface area (Å²) < 4.78 is 4.97. The topological polar surface area (TPSA) is 50.1 Å². The van der Waals surface area contributed by atoms with Crippen LogP contribution in [0.25, 0.3) is 0 Å². The van der Waals surface area contributed by atoms with Crippen molar-refractivity contribution in [3.8, 4) is 6.07 Å².